The molecule has 1 aliphatic rings. The molecule has 0 spiro atoms. The number of amides is 1. The first-order valence-electron chi connectivity index (χ1n) is 9.57. The molecule has 0 aromatic rings. The molecule has 7 nitrogen and oxygen atoms in total. The van der Waals surface area contributed by atoms with Crippen molar-refractivity contribution in [1.82, 2.24) is 5.32 Å². The summed E-state index contributed by atoms with van der Waals surface area (Å²) in [6.45, 7) is 7.88. The Morgan fingerprint density at radius 3 is 2.35 bits per heavy atom. The molecule has 1 amide bonds. The van der Waals surface area contributed by atoms with Gasteiger partial charge in [-0.05, 0) is 25.7 Å². The Hall–Kier alpha value is -2.05. The van der Waals surface area contributed by atoms with Crippen molar-refractivity contribution in [2.75, 3.05) is 6.61 Å². The molecule has 26 heavy (non-hydrogen) atoms. The van der Waals surface area contributed by atoms with Gasteiger partial charge in [-0.15, -0.1) is 0 Å². The summed E-state index contributed by atoms with van der Waals surface area (Å²) in [7, 11) is 0. The molecule has 0 aromatic carbocycles. The summed E-state index contributed by atoms with van der Waals surface area (Å²) in [4.78, 5) is 28.4. The van der Waals surface area contributed by atoms with Gasteiger partial charge in [-0.25, -0.2) is 9.79 Å². The van der Waals surface area contributed by atoms with Crippen molar-refractivity contribution in [3.63, 3.8) is 0 Å². The summed E-state index contributed by atoms with van der Waals surface area (Å²) in [5.41, 5.74) is 11.8. The molecule has 5 N–H and O–H groups in total. The zero-order valence-electron chi connectivity index (χ0n) is 16.5. The Balaban J connectivity index is 3.23. The van der Waals surface area contributed by atoms with Crippen LogP contribution in [0.25, 0.3) is 0 Å². The van der Waals surface area contributed by atoms with Gasteiger partial charge < -0.3 is 21.5 Å². The molecule has 0 fully saturated rings. The van der Waals surface area contributed by atoms with E-state index in [-0.39, 0.29) is 35.8 Å². The summed E-state index contributed by atoms with van der Waals surface area (Å²) in [5, 5.41) is 3.10. The molecule has 0 heterocycles. The number of esters is 1. The second kappa shape index (κ2) is 10.8. The molecular formula is C19H34N4O3. The number of hydrogen-bond acceptors (Lipinski definition) is 4. The quantitative estimate of drug-likeness (QED) is 0.310. The van der Waals surface area contributed by atoms with E-state index >= 15 is 0 Å². The molecular weight excluding hydrogens is 332 g/mol. The molecule has 0 aliphatic heterocycles. The largest absolute Gasteiger partial charge is 0.463 e. The van der Waals surface area contributed by atoms with E-state index in [1.165, 1.54) is 6.92 Å². The minimum Gasteiger partial charge on any atom is -0.463 e. The average molecular weight is 367 g/mol. The van der Waals surface area contributed by atoms with Crippen LogP contribution in [-0.2, 0) is 14.3 Å². The maximum absolute atomic E-state index is 12.2. The van der Waals surface area contributed by atoms with Crippen molar-refractivity contribution >= 4 is 17.8 Å². The van der Waals surface area contributed by atoms with E-state index in [9.17, 15) is 9.59 Å². The normalized spacial score (nSPS) is 20.4. The lowest BCUT2D eigenvalue weighted by molar-refractivity contribution is -0.138. The molecule has 0 aromatic heterocycles. The minimum atomic E-state index is -0.338. The van der Waals surface area contributed by atoms with Crippen molar-refractivity contribution in [2.24, 2.45) is 28.3 Å². The number of nitrogens with zero attached hydrogens (tertiary/aromatic N) is 1. The number of hydrogen-bond donors (Lipinski definition) is 3. The lowest BCUT2D eigenvalue weighted by Gasteiger charge is -2.33. The van der Waals surface area contributed by atoms with Crippen LogP contribution in [0.15, 0.2) is 16.6 Å². The standard InChI is InChI=1S/C19H34N4O3/c1-5-8-13(9-6-2)17(22-12(4)24)15-10-14(18(25)26-7-3)11-16(15)23-19(20)21/h10,13,15-17H,5-9,11H2,1-4H3,(H,22,24)(H4,20,21,23)/t15-,16-,17?/m1/s1. The smallest absolute Gasteiger partial charge is 0.333 e. The summed E-state index contributed by atoms with van der Waals surface area (Å²) in [6, 6.07) is -0.389. The second-order valence-corrected chi connectivity index (χ2v) is 6.88. The van der Waals surface area contributed by atoms with E-state index < -0.39 is 0 Å². The number of nitrogens with one attached hydrogen (secondary N) is 1. The Morgan fingerprint density at radius 2 is 1.88 bits per heavy atom. The van der Waals surface area contributed by atoms with Crippen molar-refractivity contribution in [1.29, 1.82) is 0 Å². The number of aliphatic imine (C=N–C) groups is 1. The Kier molecular flexibility index (Phi) is 9.16. The van der Waals surface area contributed by atoms with Crippen molar-refractivity contribution < 1.29 is 14.3 Å². The lowest BCUT2D eigenvalue weighted by atomic mass is 9.80. The first kappa shape index (κ1) is 22.0. The number of carbonyl (C=O) groups excluding carboxylic acids is 2. The van der Waals surface area contributed by atoms with E-state index in [0.29, 0.717) is 24.5 Å². The van der Waals surface area contributed by atoms with Crippen LogP contribution in [0.4, 0.5) is 0 Å². The molecule has 0 radical (unpaired) electrons. The van der Waals surface area contributed by atoms with Crippen LogP contribution in [0.1, 0.15) is 59.8 Å². The fourth-order valence-electron chi connectivity index (χ4n) is 3.82. The monoisotopic (exact) mass is 366 g/mol. The first-order chi connectivity index (χ1) is 12.3. The Morgan fingerprint density at radius 1 is 1.27 bits per heavy atom. The molecule has 148 valence electrons. The third-order valence-electron chi connectivity index (χ3n) is 4.73. The lowest BCUT2D eigenvalue weighted by Crippen LogP contribution is -2.47. The van der Waals surface area contributed by atoms with Gasteiger partial charge >= 0.3 is 5.97 Å². The molecule has 0 bridgehead atoms. The minimum absolute atomic E-state index is 0.0115. The predicted octanol–water partition coefficient (Wildman–Crippen LogP) is 1.86. The fourth-order valence-corrected chi connectivity index (χ4v) is 3.82. The van der Waals surface area contributed by atoms with Crippen LogP contribution in [0, 0.1) is 11.8 Å². The van der Waals surface area contributed by atoms with Crippen molar-refractivity contribution in [2.45, 2.75) is 71.9 Å². The van der Waals surface area contributed by atoms with Gasteiger partial charge in [0.2, 0.25) is 5.91 Å². The van der Waals surface area contributed by atoms with Gasteiger partial charge in [0.15, 0.2) is 5.96 Å². The van der Waals surface area contributed by atoms with Gasteiger partial charge in [-0.3, -0.25) is 4.79 Å². The molecule has 3 atom stereocenters. The zero-order valence-corrected chi connectivity index (χ0v) is 16.5. The topological polar surface area (TPSA) is 120 Å². The summed E-state index contributed by atoms with van der Waals surface area (Å²) in [5.74, 6) is -0.275. The molecule has 7 heteroatoms. The molecule has 0 saturated heterocycles. The maximum Gasteiger partial charge on any atom is 0.333 e. The van der Waals surface area contributed by atoms with E-state index in [2.05, 4.69) is 24.2 Å². The average Bonchev–Trinajstić information content (AvgIpc) is 2.95. The number of guanidine groups is 1. The van der Waals surface area contributed by atoms with Gasteiger partial charge in [0, 0.05) is 30.9 Å². The van der Waals surface area contributed by atoms with E-state index in [4.69, 9.17) is 16.2 Å². The molecule has 1 rings (SSSR count). The number of carbonyl (C=O) groups is 2. The Labute approximate surface area is 156 Å². The van der Waals surface area contributed by atoms with E-state index in [0.717, 1.165) is 25.7 Å². The van der Waals surface area contributed by atoms with Gasteiger partial charge in [0.1, 0.15) is 0 Å². The van der Waals surface area contributed by atoms with Crippen molar-refractivity contribution in [3.05, 3.63) is 11.6 Å². The molecule has 1 unspecified atom stereocenters. The first-order valence-corrected chi connectivity index (χ1v) is 9.57. The van der Waals surface area contributed by atoms with E-state index in [1.807, 2.05) is 6.08 Å². The fraction of sp³-hybridized carbons (Fsp3) is 0.737. The van der Waals surface area contributed by atoms with Crippen LogP contribution in [0.5, 0.6) is 0 Å². The highest BCUT2D eigenvalue weighted by molar-refractivity contribution is 5.89. The third kappa shape index (κ3) is 6.35. The highest BCUT2D eigenvalue weighted by Gasteiger charge is 2.39. The molecule has 1 aliphatic carbocycles. The second-order valence-electron chi connectivity index (χ2n) is 6.88. The van der Waals surface area contributed by atoms with Crippen LogP contribution >= 0.6 is 0 Å². The highest BCUT2D eigenvalue weighted by atomic mass is 16.5. The van der Waals surface area contributed by atoms with Crippen molar-refractivity contribution in [3.8, 4) is 0 Å². The van der Waals surface area contributed by atoms with Crippen LogP contribution in [-0.4, -0.2) is 36.5 Å². The molecule has 0 saturated carbocycles. The van der Waals surface area contributed by atoms with Crippen LogP contribution < -0.4 is 16.8 Å². The van der Waals surface area contributed by atoms with E-state index in [1.54, 1.807) is 6.92 Å². The van der Waals surface area contributed by atoms with Gasteiger partial charge in [-0.2, -0.15) is 0 Å². The third-order valence-corrected chi connectivity index (χ3v) is 4.73. The van der Waals surface area contributed by atoms with Crippen LogP contribution in [0.2, 0.25) is 0 Å². The Bertz CT molecular complexity index is 535. The SMILES string of the molecule is CCCC(CCC)C(NC(C)=O)[C@@H]1C=C(C(=O)OCC)C[C@H]1N=C(N)N. The highest BCUT2D eigenvalue weighted by Crippen LogP contribution is 2.35. The van der Waals surface area contributed by atoms with Crippen LogP contribution in [0.3, 0.4) is 0 Å². The number of nitrogens with two attached hydrogens (primary N) is 2. The van der Waals surface area contributed by atoms with Gasteiger partial charge in [-0.1, -0.05) is 32.8 Å². The summed E-state index contributed by atoms with van der Waals surface area (Å²) < 4.78 is 5.14. The number of ether oxygens (including phenoxy) is 1. The summed E-state index contributed by atoms with van der Waals surface area (Å²) >= 11 is 0. The van der Waals surface area contributed by atoms with Gasteiger partial charge in [0.05, 0.1) is 12.6 Å². The predicted molar refractivity (Wildman–Crippen MR) is 103 cm³/mol. The summed E-state index contributed by atoms with van der Waals surface area (Å²) in [6.07, 6.45) is 6.35. The number of rotatable bonds is 10. The maximum atomic E-state index is 12.2. The zero-order chi connectivity index (χ0) is 19.7. The van der Waals surface area contributed by atoms with Gasteiger partial charge in [0.25, 0.3) is 0 Å².